The minimum absolute atomic E-state index is 0.342. The van der Waals surface area contributed by atoms with Gasteiger partial charge < -0.3 is 10.5 Å². The molecule has 5 heteroatoms. The first kappa shape index (κ1) is 12.6. The van der Waals surface area contributed by atoms with Gasteiger partial charge in [0.15, 0.2) is 0 Å². The molecule has 2 aromatic rings. The van der Waals surface area contributed by atoms with Crippen LogP contribution >= 0.6 is 11.3 Å². The van der Waals surface area contributed by atoms with E-state index in [1.54, 1.807) is 6.20 Å². The molecule has 0 aromatic carbocycles. The molecule has 0 bridgehead atoms. The number of anilines is 1. The third kappa shape index (κ3) is 2.09. The molecule has 2 N–H and O–H groups in total. The molecular weight excluding hydrogens is 248 g/mol. The van der Waals surface area contributed by atoms with Gasteiger partial charge in [-0.25, -0.2) is 4.79 Å². The first-order valence-corrected chi connectivity index (χ1v) is 6.41. The number of aromatic nitrogens is 1. The molecule has 0 amide bonds. The van der Waals surface area contributed by atoms with Crippen molar-refractivity contribution in [3.05, 3.63) is 34.8 Å². The number of carbonyl (C=O) groups is 1. The summed E-state index contributed by atoms with van der Waals surface area (Å²) in [5, 5.41) is 0.603. The zero-order chi connectivity index (χ0) is 13.1. The van der Waals surface area contributed by atoms with Crippen molar-refractivity contribution in [2.24, 2.45) is 0 Å². The van der Waals surface area contributed by atoms with Gasteiger partial charge in [0.25, 0.3) is 0 Å². The average Bonchev–Trinajstić information content (AvgIpc) is 2.75. The zero-order valence-corrected chi connectivity index (χ0v) is 11.1. The van der Waals surface area contributed by atoms with Crippen molar-refractivity contribution in [2.45, 2.75) is 13.3 Å². The van der Waals surface area contributed by atoms with Crippen LogP contribution in [0.4, 0.5) is 5.00 Å². The van der Waals surface area contributed by atoms with Crippen LogP contribution in [0.25, 0.3) is 11.3 Å². The van der Waals surface area contributed by atoms with E-state index >= 15 is 0 Å². The Kier molecular flexibility index (Phi) is 3.62. The second-order valence-electron chi connectivity index (χ2n) is 3.71. The smallest absolute Gasteiger partial charge is 0.348 e. The summed E-state index contributed by atoms with van der Waals surface area (Å²) in [4.78, 5) is 16.6. The van der Waals surface area contributed by atoms with Crippen LogP contribution < -0.4 is 5.73 Å². The van der Waals surface area contributed by atoms with E-state index < -0.39 is 0 Å². The summed E-state index contributed by atoms with van der Waals surface area (Å²) < 4.78 is 4.78. The predicted octanol–water partition coefficient (Wildman–Crippen LogP) is 2.74. The van der Waals surface area contributed by atoms with Crippen molar-refractivity contribution in [3.63, 3.8) is 0 Å². The van der Waals surface area contributed by atoms with Crippen molar-refractivity contribution in [3.8, 4) is 11.3 Å². The van der Waals surface area contributed by atoms with E-state index in [-0.39, 0.29) is 5.97 Å². The Morgan fingerprint density at radius 2 is 2.28 bits per heavy atom. The summed E-state index contributed by atoms with van der Waals surface area (Å²) >= 11 is 1.26. The Balaban J connectivity index is 2.61. The SMILES string of the molecule is CCc1c(C(=O)OC)sc(N)c1-c1ccccn1. The molecule has 0 aliphatic rings. The highest BCUT2D eigenvalue weighted by molar-refractivity contribution is 7.18. The lowest BCUT2D eigenvalue weighted by molar-refractivity contribution is 0.0605. The normalized spacial score (nSPS) is 10.3. The summed E-state index contributed by atoms with van der Waals surface area (Å²) in [7, 11) is 1.37. The molecule has 18 heavy (non-hydrogen) atoms. The fourth-order valence-corrected chi connectivity index (χ4v) is 2.96. The minimum atomic E-state index is -0.342. The van der Waals surface area contributed by atoms with E-state index in [2.05, 4.69) is 4.98 Å². The Labute approximate surface area is 109 Å². The lowest BCUT2D eigenvalue weighted by Gasteiger charge is -2.04. The van der Waals surface area contributed by atoms with Gasteiger partial charge in [0, 0.05) is 11.8 Å². The molecule has 0 atom stereocenters. The van der Waals surface area contributed by atoms with Crippen molar-refractivity contribution in [1.29, 1.82) is 0 Å². The largest absolute Gasteiger partial charge is 0.465 e. The molecule has 0 aliphatic heterocycles. The molecular formula is C13H14N2O2S. The van der Waals surface area contributed by atoms with Gasteiger partial charge in [0.05, 0.1) is 17.8 Å². The number of nitrogens with zero attached hydrogens (tertiary/aromatic N) is 1. The van der Waals surface area contributed by atoms with E-state index in [0.29, 0.717) is 16.3 Å². The van der Waals surface area contributed by atoms with E-state index in [1.807, 2.05) is 25.1 Å². The molecule has 4 nitrogen and oxygen atoms in total. The summed E-state index contributed by atoms with van der Waals surface area (Å²) in [6.07, 6.45) is 2.42. The number of hydrogen-bond donors (Lipinski definition) is 1. The number of carbonyl (C=O) groups excluding carboxylic acids is 1. The fourth-order valence-electron chi connectivity index (χ4n) is 1.87. The van der Waals surface area contributed by atoms with Crippen molar-refractivity contribution in [1.82, 2.24) is 4.98 Å². The van der Waals surface area contributed by atoms with E-state index in [1.165, 1.54) is 18.4 Å². The molecule has 94 valence electrons. The van der Waals surface area contributed by atoms with Gasteiger partial charge in [-0.1, -0.05) is 13.0 Å². The maximum absolute atomic E-state index is 11.7. The van der Waals surface area contributed by atoms with Crippen molar-refractivity contribution in [2.75, 3.05) is 12.8 Å². The molecule has 0 unspecified atom stereocenters. The number of ether oxygens (including phenoxy) is 1. The topological polar surface area (TPSA) is 65.2 Å². The van der Waals surface area contributed by atoms with Gasteiger partial charge in [-0.3, -0.25) is 4.98 Å². The van der Waals surface area contributed by atoms with Gasteiger partial charge in [-0.15, -0.1) is 11.3 Å². The standard InChI is InChI=1S/C13H14N2O2S/c1-3-8-10(9-6-4-5-7-15-9)12(14)18-11(8)13(16)17-2/h4-7H,3,14H2,1-2H3. The van der Waals surface area contributed by atoms with Crippen LogP contribution in [0.5, 0.6) is 0 Å². The fraction of sp³-hybridized carbons (Fsp3) is 0.231. The third-order valence-corrected chi connectivity index (χ3v) is 3.72. The first-order chi connectivity index (χ1) is 8.69. The average molecular weight is 262 g/mol. The number of methoxy groups -OCH3 is 1. The highest BCUT2D eigenvalue weighted by Crippen LogP contribution is 2.38. The summed E-state index contributed by atoms with van der Waals surface area (Å²) in [6.45, 7) is 1.99. The minimum Gasteiger partial charge on any atom is -0.465 e. The monoisotopic (exact) mass is 262 g/mol. The summed E-state index contributed by atoms with van der Waals surface area (Å²) in [5.74, 6) is -0.342. The molecule has 2 aromatic heterocycles. The van der Waals surface area contributed by atoms with Gasteiger partial charge in [0.1, 0.15) is 4.88 Å². The number of nitrogens with two attached hydrogens (primary N) is 1. The van der Waals surface area contributed by atoms with Crippen LogP contribution in [0.15, 0.2) is 24.4 Å². The molecule has 0 radical (unpaired) electrons. The molecule has 0 spiro atoms. The van der Waals surface area contributed by atoms with Crippen LogP contribution in [0.1, 0.15) is 22.2 Å². The van der Waals surface area contributed by atoms with Crippen LogP contribution in [0.2, 0.25) is 0 Å². The van der Waals surface area contributed by atoms with Gasteiger partial charge in [0.2, 0.25) is 0 Å². The Morgan fingerprint density at radius 1 is 1.50 bits per heavy atom. The Bertz CT molecular complexity index is 564. The zero-order valence-electron chi connectivity index (χ0n) is 10.3. The van der Waals surface area contributed by atoms with Gasteiger partial charge >= 0.3 is 5.97 Å². The Hall–Kier alpha value is -1.88. The summed E-state index contributed by atoms with van der Waals surface area (Å²) in [5.41, 5.74) is 8.56. The van der Waals surface area contributed by atoms with Gasteiger partial charge in [-0.2, -0.15) is 0 Å². The molecule has 2 rings (SSSR count). The number of hydrogen-bond acceptors (Lipinski definition) is 5. The maximum atomic E-state index is 11.7. The van der Waals surface area contributed by atoms with Crippen LogP contribution in [0, 0.1) is 0 Å². The molecule has 0 saturated heterocycles. The predicted molar refractivity (Wildman–Crippen MR) is 72.7 cm³/mol. The van der Waals surface area contributed by atoms with Gasteiger partial charge in [-0.05, 0) is 24.1 Å². The van der Waals surface area contributed by atoms with Crippen molar-refractivity contribution >= 4 is 22.3 Å². The molecule has 0 saturated carbocycles. The lowest BCUT2D eigenvalue weighted by atomic mass is 10.0. The second kappa shape index (κ2) is 5.18. The number of thiophene rings is 1. The first-order valence-electron chi connectivity index (χ1n) is 5.59. The molecule has 2 heterocycles. The third-order valence-electron chi connectivity index (χ3n) is 2.68. The molecule has 0 aliphatic carbocycles. The van der Waals surface area contributed by atoms with E-state index in [4.69, 9.17) is 10.5 Å². The van der Waals surface area contributed by atoms with Crippen molar-refractivity contribution < 1.29 is 9.53 Å². The molecule has 0 fully saturated rings. The lowest BCUT2D eigenvalue weighted by Crippen LogP contribution is -2.02. The number of esters is 1. The number of pyridine rings is 1. The highest BCUT2D eigenvalue weighted by Gasteiger charge is 2.22. The highest BCUT2D eigenvalue weighted by atomic mass is 32.1. The van der Waals surface area contributed by atoms with Crippen LogP contribution in [0.3, 0.4) is 0 Å². The van der Waals surface area contributed by atoms with E-state index in [9.17, 15) is 4.79 Å². The summed E-state index contributed by atoms with van der Waals surface area (Å²) in [6, 6.07) is 5.63. The number of nitrogen functional groups attached to an aromatic ring is 1. The maximum Gasteiger partial charge on any atom is 0.348 e. The second-order valence-corrected chi connectivity index (χ2v) is 4.76. The quantitative estimate of drug-likeness (QED) is 0.864. The van der Waals surface area contributed by atoms with E-state index in [0.717, 1.165) is 16.8 Å². The van der Waals surface area contributed by atoms with Crippen LogP contribution in [-0.4, -0.2) is 18.1 Å². The number of rotatable bonds is 3. The van der Waals surface area contributed by atoms with Crippen LogP contribution in [-0.2, 0) is 11.2 Å². The Morgan fingerprint density at radius 3 is 2.83 bits per heavy atom.